The van der Waals surface area contributed by atoms with E-state index >= 15 is 0 Å². The fraction of sp³-hybridized carbons (Fsp3) is 0.558. The number of aliphatic hydroxyl groups is 4. The van der Waals surface area contributed by atoms with Crippen molar-refractivity contribution in [1.82, 2.24) is 30.2 Å². The lowest BCUT2D eigenvalue weighted by Crippen LogP contribution is -2.49. The molecule has 1 aliphatic rings. The van der Waals surface area contributed by atoms with Gasteiger partial charge in [0.15, 0.2) is 29.6 Å². The Morgan fingerprint density at radius 1 is 0.742 bits per heavy atom. The Balaban J connectivity index is 0.000000358. The summed E-state index contributed by atoms with van der Waals surface area (Å²) >= 11 is 5.05. The van der Waals surface area contributed by atoms with Crippen LogP contribution < -0.4 is 27.8 Å². The van der Waals surface area contributed by atoms with E-state index in [2.05, 4.69) is 51.8 Å². The van der Waals surface area contributed by atoms with Crippen molar-refractivity contribution in [2.75, 3.05) is 51.2 Å². The number of imidazole rings is 1. The molecule has 498 valence electrons. The molecule has 1 saturated heterocycles. The number of hydrogen-bond donors (Lipinski definition) is 13. The molecule has 3 unspecified atom stereocenters. The highest BCUT2D eigenvalue weighted by Crippen LogP contribution is 2.48. The first-order valence-corrected chi connectivity index (χ1v) is 33.4. The van der Waals surface area contributed by atoms with Crippen LogP contribution in [0.5, 0.6) is 0 Å². The van der Waals surface area contributed by atoms with Crippen molar-refractivity contribution in [2.45, 2.75) is 139 Å². The molecule has 4 aromatic rings. The summed E-state index contributed by atoms with van der Waals surface area (Å²) in [5, 5.41) is 45.6. The molecular formula is C52H80N9O23P3S2. The molecule has 2 aromatic carbocycles. The predicted octanol–water partition coefficient (Wildman–Crippen LogP) is 1.51. The Kier molecular flexibility index (Phi) is 32.4. The number of nitrogens with two attached hydrogens (primary N) is 3. The van der Waals surface area contributed by atoms with E-state index in [1.165, 1.54) is 44.9 Å². The largest absolute Gasteiger partial charge is 0.529 e. The normalized spacial score (nSPS) is 19.2. The lowest BCUT2D eigenvalue weighted by atomic mass is 9.95. The highest BCUT2D eigenvalue weighted by atomic mass is 32.2. The van der Waals surface area contributed by atoms with E-state index < -0.39 is 108 Å². The molecule has 1 aliphatic heterocycles. The zero-order chi connectivity index (χ0) is 66.9. The van der Waals surface area contributed by atoms with Gasteiger partial charge in [0.05, 0.1) is 19.0 Å². The number of aliphatic hydroxyl groups excluding tert-OH is 4. The zero-order valence-corrected chi connectivity index (χ0v) is 54.0. The second kappa shape index (κ2) is 36.9. The van der Waals surface area contributed by atoms with E-state index in [4.69, 9.17) is 35.5 Å². The monoisotopic (exact) mass is 1360 g/mol. The number of thiol groups is 1. The molecule has 2 aromatic heterocycles. The summed E-state index contributed by atoms with van der Waals surface area (Å²) in [6.07, 6.45) is -4.52. The van der Waals surface area contributed by atoms with E-state index in [0.29, 0.717) is 30.9 Å². The number of anilines is 1. The number of carbonyl (C=O) groups excluding carboxylic acids is 6. The van der Waals surface area contributed by atoms with Gasteiger partial charge in [-0.2, -0.15) is 12.6 Å². The minimum atomic E-state index is -4.89. The Labute approximate surface area is 522 Å². The van der Waals surface area contributed by atoms with Crippen LogP contribution in [0.15, 0.2) is 73.3 Å². The van der Waals surface area contributed by atoms with Crippen LogP contribution in [-0.4, -0.2) is 188 Å². The molecule has 89 heavy (non-hydrogen) atoms. The van der Waals surface area contributed by atoms with Crippen LogP contribution in [0.25, 0.3) is 11.2 Å². The molecular weight excluding hydrogens is 1280 g/mol. The third-order valence-corrected chi connectivity index (χ3v) is 17.2. The number of rotatable bonds is 34. The summed E-state index contributed by atoms with van der Waals surface area (Å²) in [6.45, 7) is 4.87. The molecule has 0 radical (unpaired) electrons. The number of fused-ring (bicyclic) bond motifs is 1. The molecule has 3 heterocycles. The van der Waals surface area contributed by atoms with Gasteiger partial charge in [-0.25, -0.2) is 33.4 Å². The first kappa shape index (κ1) is 78.2. The summed E-state index contributed by atoms with van der Waals surface area (Å²) in [7, 11) is -11.7. The van der Waals surface area contributed by atoms with Gasteiger partial charge in [0.25, 0.3) is 5.91 Å². The smallest absolute Gasteiger partial charge is 0.387 e. The predicted molar refractivity (Wildman–Crippen MR) is 325 cm³/mol. The summed E-state index contributed by atoms with van der Waals surface area (Å²) < 4.78 is 69.5. The summed E-state index contributed by atoms with van der Waals surface area (Å²) in [5.41, 5.74) is 16.4. The number of aromatic nitrogens is 4. The molecule has 0 spiro atoms. The minimum Gasteiger partial charge on any atom is -0.387 e. The van der Waals surface area contributed by atoms with Crippen LogP contribution in [0.2, 0.25) is 0 Å². The number of ketones is 2. The number of amides is 2. The van der Waals surface area contributed by atoms with Crippen molar-refractivity contribution >= 4 is 99.3 Å². The fourth-order valence-corrected chi connectivity index (χ4v) is 11.0. The second-order valence-electron chi connectivity index (χ2n) is 20.6. The SMILES string of the molecule is COP(=O)(O)OC(C)(C)[C@H](O)C(=O)CCCC(=O)CCCSC(=O)[C@@H](N)Cc1ccccc1.COP(=O)(O)OC(C)(C)[C@H](O)C(=O)NCCC(=O)NCCS.Nc1ncnc2c1ncn2[C@@H]1O[C@H](COP(=O)(O)OC(=O)[C@@H](N)Cc2ccccc2)[C@@H](O)[C@H]1O. The van der Waals surface area contributed by atoms with Gasteiger partial charge in [0.2, 0.25) is 11.0 Å². The van der Waals surface area contributed by atoms with Gasteiger partial charge in [0, 0.05) is 64.5 Å². The van der Waals surface area contributed by atoms with E-state index in [-0.39, 0.29) is 78.9 Å². The second-order valence-corrected chi connectivity index (χ2v) is 26.5. The van der Waals surface area contributed by atoms with Gasteiger partial charge in [-0.05, 0) is 64.5 Å². The molecule has 0 saturated carbocycles. The number of ether oxygens (including phenoxy) is 1. The molecule has 32 nitrogen and oxygen atoms in total. The fourth-order valence-electron chi connectivity index (χ4n) is 7.85. The minimum absolute atomic E-state index is 0.00540. The number of Topliss-reactive ketones (excluding diaryl/α,β-unsaturated/α-hetero) is 2. The molecule has 5 rings (SSSR count). The van der Waals surface area contributed by atoms with E-state index in [9.17, 15) is 77.6 Å². The lowest BCUT2D eigenvalue weighted by Gasteiger charge is -2.30. The summed E-state index contributed by atoms with van der Waals surface area (Å²) in [4.78, 5) is 112. The van der Waals surface area contributed by atoms with E-state index in [0.717, 1.165) is 37.1 Å². The maximum absolute atomic E-state index is 12.2. The third kappa shape index (κ3) is 27.0. The van der Waals surface area contributed by atoms with Crippen molar-refractivity contribution in [2.24, 2.45) is 11.5 Å². The maximum atomic E-state index is 12.2. The van der Waals surface area contributed by atoms with Crippen LogP contribution in [-0.2, 0) is 87.2 Å². The van der Waals surface area contributed by atoms with Gasteiger partial charge in [0.1, 0.15) is 59.3 Å². The highest BCUT2D eigenvalue weighted by molar-refractivity contribution is 8.13. The van der Waals surface area contributed by atoms with Crippen molar-refractivity contribution in [3.05, 3.63) is 84.4 Å². The van der Waals surface area contributed by atoms with Gasteiger partial charge in [-0.3, -0.25) is 56.1 Å². The summed E-state index contributed by atoms with van der Waals surface area (Å²) in [6, 6.07) is 16.5. The van der Waals surface area contributed by atoms with E-state index in [1.54, 1.807) is 30.3 Å². The molecule has 2 amide bonds. The number of carbonyl (C=O) groups is 6. The van der Waals surface area contributed by atoms with Crippen LogP contribution in [0, 0.1) is 0 Å². The number of phosphoric ester groups is 3. The average molecular weight is 1360 g/mol. The van der Waals surface area contributed by atoms with Crippen LogP contribution in [0.4, 0.5) is 5.82 Å². The summed E-state index contributed by atoms with van der Waals surface area (Å²) in [5.74, 6) is -1.78. The maximum Gasteiger partial charge on any atom is 0.529 e. The van der Waals surface area contributed by atoms with Crippen molar-refractivity contribution in [1.29, 1.82) is 0 Å². The first-order valence-electron chi connectivity index (χ1n) is 27.2. The first-order chi connectivity index (χ1) is 41.6. The number of nitrogens with zero attached hydrogens (tertiary/aromatic N) is 4. The van der Waals surface area contributed by atoms with Crippen molar-refractivity contribution in [3.63, 3.8) is 0 Å². The highest BCUT2D eigenvalue weighted by Gasteiger charge is 2.46. The van der Waals surface area contributed by atoms with Crippen LogP contribution in [0.3, 0.4) is 0 Å². The van der Waals surface area contributed by atoms with Gasteiger partial charge in [-0.1, -0.05) is 72.4 Å². The lowest BCUT2D eigenvalue weighted by molar-refractivity contribution is -0.141. The van der Waals surface area contributed by atoms with Gasteiger partial charge in [-0.15, -0.1) is 0 Å². The molecule has 0 aliphatic carbocycles. The Morgan fingerprint density at radius 2 is 1.29 bits per heavy atom. The number of hydrogen-bond acceptors (Lipinski definition) is 28. The number of nitrogen functional groups attached to an aromatic ring is 1. The number of benzene rings is 2. The van der Waals surface area contributed by atoms with Gasteiger partial charge >= 0.3 is 29.4 Å². The number of phosphoric acid groups is 3. The average Bonchev–Trinajstić information content (AvgIpc) is 1.86. The number of thioether (sulfide) groups is 1. The molecule has 0 bridgehead atoms. The zero-order valence-electron chi connectivity index (χ0n) is 49.6. The molecule has 15 N–H and O–H groups in total. The van der Waals surface area contributed by atoms with Crippen molar-refractivity contribution < 1.29 is 109 Å². The van der Waals surface area contributed by atoms with E-state index in [1.807, 2.05) is 30.3 Å². The third-order valence-electron chi connectivity index (χ3n) is 12.6. The molecule has 37 heteroatoms. The standard InChI is InChI=1S/C22H34NO8PS.C19H23N6O8P.C11H23N2O7PS/c1-22(2,31-32(28,29)30-3)20(26)19(25)13-7-11-17(24)12-8-14-33-21(27)18(23)15-16-9-5-4-6-10-16;20-11(6-10-4-2-1-3-5-10)19(28)33-34(29,30)31-7-12-14(26)15(27)18(32-12)25-9-24-13-16(21)22-8-23-17(13)25;1-11(2,20-21(17,18)19-3)9(15)10(16)13-5-4-8(14)12-6-7-22/h4-6,9-10,18,20,26H,7-8,11-15,23H2,1-3H3,(H,28,29);1-5,8-9,11-12,14-15,18,26-27H,6-7,20H2,(H,29,30)(H2,21,22,23);9,15,22H,4-7H2,1-3H3,(H,12,14)(H,13,16)(H,17,18)/t18-,20+;11-,12+,14+,15+,18+;9-/m001/s1. The van der Waals surface area contributed by atoms with Crippen LogP contribution in [0.1, 0.15) is 83.6 Å². The quantitative estimate of drug-likeness (QED) is 0.0179. The Bertz CT molecular complexity index is 3090. The van der Waals surface area contributed by atoms with Crippen LogP contribution >= 0.6 is 47.9 Å². The Hall–Kier alpha value is -5.00. The molecule has 11 atom stereocenters. The van der Waals surface area contributed by atoms with Gasteiger partial charge < -0.3 is 67.3 Å². The topological polar surface area (TPSA) is 506 Å². The van der Waals surface area contributed by atoms with Crippen molar-refractivity contribution in [3.8, 4) is 0 Å². The molecule has 1 fully saturated rings. The Morgan fingerprint density at radius 3 is 1.85 bits per heavy atom. The number of nitrogens with one attached hydrogen (secondary N) is 2.